The van der Waals surface area contributed by atoms with E-state index in [0.717, 1.165) is 73.9 Å². The molecule has 2 aromatic heterocycles. The Morgan fingerprint density at radius 2 is 1.74 bits per heavy atom. The van der Waals surface area contributed by atoms with Crippen molar-refractivity contribution in [2.24, 2.45) is 11.3 Å². The summed E-state index contributed by atoms with van der Waals surface area (Å²) in [6.45, 7) is 10.7. The van der Waals surface area contributed by atoms with E-state index in [1.807, 2.05) is 41.3 Å². The van der Waals surface area contributed by atoms with Crippen LogP contribution in [0.25, 0.3) is 16.6 Å². The van der Waals surface area contributed by atoms with Gasteiger partial charge >= 0.3 is 0 Å². The topological polar surface area (TPSA) is 183 Å². The van der Waals surface area contributed by atoms with E-state index in [9.17, 15) is 28.1 Å². The first-order chi connectivity index (χ1) is 31.7. The van der Waals surface area contributed by atoms with Crippen molar-refractivity contribution in [2.75, 3.05) is 74.1 Å². The number of nitro benzene ring substituents is 1. The van der Waals surface area contributed by atoms with Crippen molar-refractivity contribution in [1.29, 1.82) is 0 Å². The van der Waals surface area contributed by atoms with E-state index in [1.165, 1.54) is 28.8 Å². The predicted molar refractivity (Wildman–Crippen MR) is 258 cm³/mol. The van der Waals surface area contributed by atoms with Gasteiger partial charge in [0.2, 0.25) is 0 Å². The first kappa shape index (κ1) is 45.4. The fourth-order valence-electron chi connectivity index (χ4n) is 9.72. The number of rotatable bonds is 12. The maximum Gasteiger partial charge on any atom is 0.293 e. The molecule has 2 saturated heterocycles. The number of fused-ring (bicyclic) bond motifs is 2. The third-order valence-corrected chi connectivity index (χ3v) is 15.1. The van der Waals surface area contributed by atoms with Crippen LogP contribution in [0.4, 0.5) is 28.4 Å². The number of Topliss-reactive ketones (excluding diaryl/α,β-unsaturated/α-hetero) is 1. The number of sulfonamides is 1. The summed E-state index contributed by atoms with van der Waals surface area (Å²) in [7, 11) is -4.60. The maximum atomic E-state index is 14.4. The normalized spacial score (nSPS) is 18.6. The molecule has 5 aromatic rings. The summed E-state index contributed by atoms with van der Waals surface area (Å²) in [5.41, 5.74) is 6.73. The van der Waals surface area contributed by atoms with Crippen LogP contribution in [-0.4, -0.2) is 98.9 Å². The second-order valence-electron chi connectivity index (χ2n) is 18.7. The number of nitrogens with one attached hydrogen (secondary N) is 3. The quantitative estimate of drug-likeness (QED) is 0.0799. The average Bonchev–Trinajstić information content (AvgIpc) is 3.71. The van der Waals surface area contributed by atoms with Gasteiger partial charge in [-0.25, -0.2) is 18.1 Å². The van der Waals surface area contributed by atoms with Crippen molar-refractivity contribution < 1.29 is 27.7 Å². The number of hydrogen-bond donors (Lipinski definition) is 3. The molecule has 2 fully saturated rings. The summed E-state index contributed by atoms with van der Waals surface area (Å²) < 4.78 is 35.6. The van der Waals surface area contributed by atoms with E-state index in [1.54, 1.807) is 12.3 Å². The van der Waals surface area contributed by atoms with E-state index in [4.69, 9.17) is 21.3 Å². The zero-order valence-electron chi connectivity index (χ0n) is 37.3. The molecule has 9 rings (SSSR count). The fourth-order valence-corrected chi connectivity index (χ4v) is 10.8. The first-order valence-corrected chi connectivity index (χ1v) is 24.6. The van der Waals surface area contributed by atoms with Gasteiger partial charge in [0.15, 0.2) is 5.78 Å². The van der Waals surface area contributed by atoms with E-state index < -0.39 is 31.4 Å². The monoisotopic (exact) mass is 934 g/mol. The van der Waals surface area contributed by atoms with Gasteiger partial charge < -0.3 is 24.8 Å². The maximum absolute atomic E-state index is 14.4. The Labute approximate surface area is 389 Å². The highest BCUT2D eigenvalue weighted by Crippen LogP contribution is 2.44. The summed E-state index contributed by atoms with van der Waals surface area (Å²) in [4.78, 5) is 53.5. The Balaban J connectivity index is 0.998. The van der Waals surface area contributed by atoms with E-state index >= 15 is 0 Å². The van der Waals surface area contributed by atoms with Crippen LogP contribution in [0.15, 0.2) is 89.5 Å². The standard InChI is InChI=1S/C49H55ClN8O7S/c1-49(2)17-13-35(40(29-49)33-5-7-36(50)8-6-33)31-55-20-22-56(23-21-55)37-9-11-39(42(27-37)57-19-3-4-45(59)46-44(57)26-34-14-18-51-47(34)53-46)48(60)54-66(63,64)38-10-12-41(43(28-38)58(61)62)52-30-32-15-24-65-25-16-32/h5-12,14,18,26-28,32,52H,3-4,13,15-17,19-25,29-31H2,1-2H3,(H,51,53)(H,54,60). The van der Waals surface area contributed by atoms with Crippen molar-refractivity contribution in [3.05, 3.63) is 117 Å². The fraction of sp³-hybridized carbons (Fsp3) is 0.408. The van der Waals surface area contributed by atoms with Crippen molar-refractivity contribution >= 4 is 78.4 Å². The number of nitro groups is 1. The molecular formula is C49H55ClN8O7S. The number of anilines is 4. The molecule has 17 heteroatoms. The minimum atomic E-state index is -4.60. The number of pyridine rings is 1. The zero-order chi connectivity index (χ0) is 46.2. The number of hydrogen-bond acceptors (Lipinski definition) is 12. The SMILES string of the molecule is CC1(C)CCC(CN2CCN(c3ccc(C(=O)NS(=O)(=O)c4ccc(NCC5CCOCC5)c([N+](=O)[O-])c4)c(N4CCCC(=O)c5nc6[nH]ccc6cc54)c3)CC2)=C(c2ccc(Cl)cc2)C1. The number of ketones is 1. The van der Waals surface area contributed by atoms with Gasteiger partial charge in [-0.1, -0.05) is 43.2 Å². The van der Waals surface area contributed by atoms with E-state index in [0.29, 0.717) is 62.8 Å². The molecule has 0 atom stereocenters. The molecule has 15 nitrogen and oxygen atoms in total. The van der Waals surface area contributed by atoms with Gasteiger partial charge in [0.1, 0.15) is 17.0 Å². The molecule has 0 unspecified atom stereocenters. The first-order valence-electron chi connectivity index (χ1n) is 22.8. The van der Waals surface area contributed by atoms with E-state index in [2.05, 4.69) is 50.8 Å². The van der Waals surface area contributed by atoms with Gasteiger partial charge in [-0.2, -0.15) is 0 Å². The highest BCUT2D eigenvalue weighted by atomic mass is 35.5. The number of benzene rings is 3. The van der Waals surface area contributed by atoms with Crippen molar-refractivity contribution in [2.45, 2.75) is 63.7 Å². The smallest absolute Gasteiger partial charge is 0.293 e. The van der Waals surface area contributed by atoms with Crippen LogP contribution in [0.2, 0.25) is 5.02 Å². The summed E-state index contributed by atoms with van der Waals surface area (Å²) in [6, 6.07) is 20.8. The van der Waals surface area contributed by atoms with E-state index in [-0.39, 0.29) is 40.5 Å². The van der Waals surface area contributed by atoms with Crippen molar-refractivity contribution in [3.8, 4) is 0 Å². The summed E-state index contributed by atoms with van der Waals surface area (Å²) in [6.07, 6.45) is 7.26. The Bertz CT molecular complexity index is 2810. The van der Waals surface area contributed by atoms with Crippen LogP contribution >= 0.6 is 11.6 Å². The number of halogens is 1. The highest BCUT2D eigenvalue weighted by Gasteiger charge is 2.33. The molecule has 346 valence electrons. The minimum absolute atomic E-state index is 0.0570. The average molecular weight is 936 g/mol. The summed E-state index contributed by atoms with van der Waals surface area (Å²) in [5.74, 6) is -0.788. The van der Waals surface area contributed by atoms with Crippen molar-refractivity contribution in [3.63, 3.8) is 0 Å². The predicted octanol–water partition coefficient (Wildman–Crippen LogP) is 8.98. The molecule has 0 radical (unpaired) electrons. The third-order valence-electron chi connectivity index (χ3n) is 13.5. The molecular weight excluding hydrogens is 880 g/mol. The van der Waals surface area contributed by atoms with Gasteiger partial charge in [0.25, 0.3) is 21.6 Å². The largest absolute Gasteiger partial charge is 0.381 e. The van der Waals surface area contributed by atoms with Crippen LogP contribution in [0.5, 0.6) is 0 Å². The van der Waals surface area contributed by atoms with Crippen LogP contribution in [0, 0.1) is 21.4 Å². The number of carbonyl (C=O) groups is 2. The molecule has 3 N–H and O–H groups in total. The Hall–Kier alpha value is -5.81. The zero-order valence-corrected chi connectivity index (χ0v) is 38.8. The summed E-state index contributed by atoms with van der Waals surface area (Å²) in [5, 5.41) is 16.8. The summed E-state index contributed by atoms with van der Waals surface area (Å²) >= 11 is 6.27. The number of amides is 1. The number of H-pyrrole nitrogens is 1. The minimum Gasteiger partial charge on any atom is -0.381 e. The molecule has 0 spiro atoms. The van der Waals surface area contributed by atoms with Crippen molar-refractivity contribution in [1.82, 2.24) is 19.6 Å². The molecule has 4 aliphatic rings. The molecule has 1 amide bonds. The number of ether oxygens (including phenoxy) is 1. The lowest BCUT2D eigenvalue weighted by Gasteiger charge is -2.39. The van der Waals surface area contributed by atoms with Gasteiger partial charge in [0, 0.05) is 93.8 Å². The van der Waals surface area contributed by atoms with Gasteiger partial charge in [-0.05, 0) is 116 Å². The van der Waals surface area contributed by atoms with Gasteiger partial charge in [0.05, 0.1) is 26.8 Å². The molecule has 1 aliphatic carbocycles. The lowest BCUT2D eigenvalue weighted by Crippen LogP contribution is -2.47. The second kappa shape index (κ2) is 18.8. The van der Waals surface area contributed by atoms with Gasteiger partial charge in [-0.15, -0.1) is 0 Å². The molecule has 66 heavy (non-hydrogen) atoms. The molecule has 5 heterocycles. The Morgan fingerprint density at radius 1 is 0.970 bits per heavy atom. The van der Waals surface area contributed by atoms with Crippen LogP contribution in [0.3, 0.4) is 0 Å². The number of carbonyl (C=O) groups excluding carboxylic acids is 2. The van der Waals surface area contributed by atoms with Crippen LogP contribution in [0.1, 0.15) is 85.2 Å². The lowest BCUT2D eigenvalue weighted by atomic mass is 9.72. The van der Waals surface area contributed by atoms with Gasteiger partial charge in [-0.3, -0.25) is 24.6 Å². The Morgan fingerprint density at radius 3 is 2.50 bits per heavy atom. The van der Waals surface area contributed by atoms with Crippen LogP contribution in [-0.2, 0) is 14.8 Å². The number of piperazine rings is 1. The molecule has 0 bridgehead atoms. The number of allylic oxidation sites excluding steroid dienone is 1. The molecule has 3 aromatic carbocycles. The molecule has 0 saturated carbocycles. The molecule has 3 aliphatic heterocycles. The number of aromatic nitrogens is 2. The second-order valence-corrected chi connectivity index (χ2v) is 20.8. The third kappa shape index (κ3) is 9.82. The number of aromatic amines is 1. The number of nitrogens with zero attached hydrogens (tertiary/aromatic N) is 5. The highest BCUT2D eigenvalue weighted by molar-refractivity contribution is 7.90. The Kier molecular flexibility index (Phi) is 12.9. The lowest BCUT2D eigenvalue weighted by molar-refractivity contribution is -0.384. The van der Waals surface area contributed by atoms with Crippen LogP contribution < -0.4 is 19.8 Å².